The van der Waals surface area contributed by atoms with Crippen LogP contribution in [0.3, 0.4) is 0 Å². The monoisotopic (exact) mass is 215 g/mol. The van der Waals surface area contributed by atoms with Gasteiger partial charge in [0.2, 0.25) is 0 Å². The molecule has 1 aromatic rings. The number of carbonyl (C=O) groups is 1. The molecule has 3 heteroatoms. The lowest BCUT2D eigenvalue weighted by atomic mass is 10.1. The van der Waals surface area contributed by atoms with Gasteiger partial charge in [-0.25, -0.2) is 4.79 Å². The molecule has 0 fully saturated rings. The summed E-state index contributed by atoms with van der Waals surface area (Å²) in [6.45, 7) is 2.62. The SMILES string of the molecule is Cc1c(C(=O)O)cccc1N1C=CC=CC1. The molecule has 0 bridgehead atoms. The Hall–Kier alpha value is -2.03. The van der Waals surface area contributed by atoms with Gasteiger partial charge in [-0.3, -0.25) is 0 Å². The van der Waals surface area contributed by atoms with Crippen molar-refractivity contribution in [1.29, 1.82) is 0 Å². The highest BCUT2D eigenvalue weighted by Gasteiger charge is 2.13. The molecule has 1 aromatic carbocycles. The first kappa shape index (κ1) is 10.5. The fourth-order valence-electron chi connectivity index (χ4n) is 1.81. The molecule has 1 aliphatic heterocycles. The van der Waals surface area contributed by atoms with Crippen LogP contribution in [0.5, 0.6) is 0 Å². The van der Waals surface area contributed by atoms with Gasteiger partial charge in [0, 0.05) is 18.4 Å². The number of allylic oxidation sites excluding steroid dienone is 2. The Morgan fingerprint density at radius 1 is 1.38 bits per heavy atom. The lowest BCUT2D eigenvalue weighted by Crippen LogP contribution is -2.19. The summed E-state index contributed by atoms with van der Waals surface area (Å²) in [5.74, 6) is -0.879. The molecule has 0 unspecified atom stereocenters. The number of carboxylic acid groups (broad SMARTS) is 1. The summed E-state index contributed by atoms with van der Waals surface area (Å²) >= 11 is 0. The van der Waals surface area contributed by atoms with Crippen LogP contribution in [0.2, 0.25) is 0 Å². The van der Waals surface area contributed by atoms with E-state index in [4.69, 9.17) is 5.11 Å². The van der Waals surface area contributed by atoms with Gasteiger partial charge in [-0.2, -0.15) is 0 Å². The second-order valence-electron chi connectivity index (χ2n) is 3.68. The van der Waals surface area contributed by atoms with E-state index in [9.17, 15) is 4.79 Å². The highest BCUT2D eigenvalue weighted by molar-refractivity contribution is 5.91. The Balaban J connectivity index is 2.41. The number of hydrogen-bond acceptors (Lipinski definition) is 2. The van der Waals surface area contributed by atoms with Crippen LogP contribution in [0.25, 0.3) is 0 Å². The Labute approximate surface area is 94.3 Å². The van der Waals surface area contributed by atoms with Gasteiger partial charge in [0.25, 0.3) is 0 Å². The summed E-state index contributed by atoms with van der Waals surface area (Å²) in [6.07, 6.45) is 7.91. The summed E-state index contributed by atoms with van der Waals surface area (Å²) in [4.78, 5) is 13.0. The van der Waals surface area contributed by atoms with E-state index in [1.54, 1.807) is 12.1 Å². The van der Waals surface area contributed by atoms with Crippen LogP contribution < -0.4 is 4.90 Å². The van der Waals surface area contributed by atoms with Gasteiger partial charge in [0.15, 0.2) is 0 Å². The van der Waals surface area contributed by atoms with Gasteiger partial charge in [0.1, 0.15) is 0 Å². The van der Waals surface area contributed by atoms with Crippen LogP contribution in [-0.4, -0.2) is 17.6 Å². The van der Waals surface area contributed by atoms with Crippen LogP contribution in [0.15, 0.2) is 42.6 Å². The van der Waals surface area contributed by atoms with E-state index in [-0.39, 0.29) is 0 Å². The van der Waals surface area contributed by atoms with Gasteiger partial charge in [0.05, 0.1) is 5.56 Å². The molecule has 1 N–H and O–H groups in total. The Morgan fingerprint density at radius 2 is 2.19 bits per heavy atom. The highest BCUT2D eigenvalue weighted by Crippen LogP contribution is 2.24. The number of benzene rings is 1. The Kier molecular flexibility index (Phi) is 2.77. The van der Waals surface area contributed by atoms with Gasteiger partial charge in [-0.05, 0) is 30.7 Å². The van der Waals surface area contributed by atoms with Crippen molar-refractivity contribution >= 4 is 11.7 Å². The third-order valence-electron chi connectivity index (χ3n) is 2.66. The predicted molar refractivity (Wildman–Crippen MR) is 63.8 cm³/mol. The van der Waals surface area contributed by atoms with Crippen LogP contribution in [0, 0.1) is 6.92 Å². The van der Waals surface area contributed by atoms with E-state index in [0.717, 1.165) is 17.8 Å². The fraction of sp³-hybridized carbons (Fsp3) is 0.154. The van der Waals surface area contributed by atoms with Gasteiger partial charge < -0.3 is 10.0 Å². The summed E-state index contributed by atoms with van der Waals surface area (Å²) in [5, 5.41) is 9.04. The van der Waals surface area contributed by atoms with Crippen LogP contribution in [0.4, 0.5) is 5.69 Å². The van der Waals surface area contributed by atoms with Gasteiger partial charge >= 0.3 is 5.97 Å². The molecule has 82 valence electrons. The molecule has 0 spiro atoms. The summed E-state index contributed by atoms with van der Waals surface area (Å²) in [6, 6.07) is 5.34. The molecule has 1 aliphatic rings. The lowest BCUT2D eigenvalue weighted by Gasteiger charge is -2.23. The van der Waals surface area contributed by atoms with E-state index < -0.39 is 5.97 Å². The second kappa shape index (κ2) is 4.23. The maximum Gasteiger partial charge on any atom is 0.336 e. The molecule has 3 nitrogen and oxygen atoms in total. The number of carboxylic acids is 1. The molecule has 0 aromatic heterocycles. The molecule has 0 atom stereocenters. The molecule has 0 aliphatic carbocycles. The van der Waals surface area contributed by atoms with Gasteiger partial charge in [-0.1, -0.05) is 18.2 Å². The minimum Gasteiger partial charge on any atom is -0.478 e. The first-order valence-electron chi connectivity index (χ1n) is 5.13. The van der Waals surface area contributed by atoms with E-state index in [2.05, 4.69) is 0 Å². The number of aromatic carboxylic acids is 1. The van der Waals surface area contributed by atoms with Crippen LogP contribution >= 0.6 is 0 Å². The lowest BCUT2D eigenvalue weighted by molar-refractivity contribution is 0.0696. The van der Waals surface area contributed by atoms with E-state index >= 15 is 0 Å². The van der Waals surface area contributed by atoms with Crippen molar-refractivity contribution in [2.75, 3.05) is 11.4 Å². The first-order chi connectivity index (χ1) is 7.70. The largest absolute Gasteiger partial charge is 0.478 e. The zero-order chi connectivity index (χ0) is 11.5. The quantitative estimate of drug-likeness (QED) is 0.824. The minimum absolute atomic E-state index is 0.362. The van der Waals surface area contributed by atoms with Crippen molar-refractivity contribution in [3.63, 3.8) is 0 Å². The normalized spacial score (nSPS) is 14.2. The van der Waals surface area contributed by atoms with Crippen molar-refractivity contribution in [2.45, 2.75) is 6.92 Å². The Bertz CT molecular complexity index is 475. The average Bonchev–Trinajstić information content (AvgIpc) is 2.30. The number of rotatable bonds is 2. The van der Waals surface area contributed by atoms with Crippen molar-refractivity contribution in [3.8, 4) is 0 Å². The summed E-state index contributed by atoms with van der Waals surface area (Å²) in [5.41, 5.74) is 2.11. The molecular weight excluding hydrogens is 202 g/mol. The van der Waals surface area contributed by atoms with Crippen LogP contribution in [0.1, 0.15) is 15.9 Å². The minimum atomic E-state index is -0.879. The molecule has 1 heterocycles. The van der Waals surface area contributed by atoms with Crippen molar-refractivity contribution in [1.82, 2.24) is 0 Å². The molecule has 0 saturated heterocycles. The average molecular weight is 215 g/mol. The zero-order valence-corrected chi connectivity index (χ0v) is 9.05. The Morgan fingerprint density at radius 3 is 2.81 bits per heavy atom. The summed E-state index contributed by atoms with van der Waals surface area (Å²) < 4.78 is 0. The number of nitrogens with zero attached hydrogens (tertiary/aromatic N) is 1. The zero-order valence-electron chi connectivity index (χ0n) is 9.05. The van der Waals surface area contributed by atoms with E-state index in [1.165, 1.54) is 0 Å². The van der Waals surface area contributed by atoms with Crippen molar-refractivity contribution < 1.29 is 9.90 Å². The third kappa shape index (κ3) is 1.84. The van der Waals surface area contributed by atoms with E-state index in [1.807, 2.05) is 42.3 Å². The van der Waals surface area contributed by atoms with Crippen LogP contribution in [-0.2, 0) is 0 Å². The van der Waals surface area contributed by atoms with Gasteiger partial charge in [-0.15, -0.1) is 0 Å². The predicted octanol–water partition coefficient (Wildman–Crippen LogP) is 2.58. The fourth-order valence-corrected chi connectivity index (χ4v) is 1.81. The maximum absolute atomic E-state index is 11.0. The van der Waals surface area contributed by atoms with Crippen molar-refractivity contribution in [3.05, 3.63) is 53.8 Å². The first-order valence-corrected chi connectivity index (χ1v) is 5.13. The number of anilines is 1. The smallest absolute Gasteiger partial charge is 0.336 e. The summed E-state index contributed by atoms with van der Waals surface area (Å²) in [7, 11) is 0. The topological polar surface area (TPSA) is 40.5 Å². The molecule has 2 rings (SSSR count). The molecular formula is C13H13NO2. The van der Waals surface area contributed by atoms with E-state index in [0.29, 0.717) is 5.56 Å². The molecule has 0 amide bonds. The molecule has 16 heavy (non-hydrogen) atoms. The maximum atomic E-state index is 11.0. The number of hydrogen-bond donors (Lipinski definition) is 1. The molecule has 0 radical (unpaired) electrons. The molecule has 0 saturated carbocycles. The highest BCUT2D eigenvalue weighted by atomic mass is 16.4. The third-order valence-corrected chi connectivity index (χ3v) is 2.66. The van der Waals surface area contributed by atoms with Crippen molar-refractivity contribution in [2.24, 2.45) is 0 Å². The second-order valence-corrected chi connectivity index (χ2v) is 3.68. The standard InChI is InChI=1S/C13H13NO2/c1-10-11(13(15)16)6-5-7-12(10)14-8-3-2-4-9-14/h2-8H,9H2,1H3,(H,15,16).